The summed E-state index contributed by atoms with van der Waals surface area (Å²) in [5.41, 5.74) is 7.80. The van der Waals surface area contributed by atoms with Crippen LogP contribution in [0.1, 0.15) is 36.0 Å². The van der Waals surface area contributed by atoms with Gasteiger partial charge < -0.3 is 16.4 Å². The van der Waals surface area contributed by atoms with Crippen molar-refractivity contribution < 1.29 is 9.59 Å². The van der Waals surface area contributed by atoms with E-state index in [2.05, 4.69) is 10.6 Å². The number of hydrogen-bond donors (Lipinski definition) is 3. The Bertz CT molecular complexity index is 752. The summed E-state index contributed by atoms with van der Waals surface area (Å²) in [6.07, 6.45) is 3.49. The van der Waals surface area contributed by atoms with Crippen LogP contribution in [-0.2, 0) is 4.79 Å². The topological polar surface area (TPSA) is 84.2 Å². The van der Waals surface area contributed by atoms with Crippen LogP contribution in [0.2, 0.25) is 0 Å². The molecule has 2 atom stereocenters. The van der Waals surface area contributed by atoms with Crippen LogP contribution in [0.5, 0.6) is 0 Å². The molecule has 0 heterocycles. The summed E-state index contributed by atoms with van der Waals surface area (Å²) >= 11 is 0. The third-order valence-corrected chi connectivity index (χ3v) is 4.65. The number of nitrogens with two attached hydrogens (primary N) is 1. The number of anilines is 2. The van der Waals surface area contributed by atoms with Crippen molar-refractivity contribution in [2.45, 2.75) is 31.7 Å². The van der Waals surface area contributed by atoms with Gasteiger partial charge in [-0.25, -0.2) is 0 Å². The average Bonchev–Trinajstić information content (AvgIpc) is 3.02. The van der Waals surface area contributed by atoms with E-state index in [1.807, 2.05) is 30.3 Å². The van der Waals surface area contributed by atoms with Crippen LogP contribution in [-0.4, -0.2) is 17.9 Å². The molecular weight excluding hydrogens is 350 g/mol. The molecule has 0 aliphatic heterocycles. The summed E-state index contributed by atoms with van der Waals surface area (Å²) in [6.45, 7) is 0. The second-order valence-electron chi connectivity index (χ2n) is 6.47. The minimum absolute atomic E-state index is 0. The average molecular weight is 374 g/mol. The number of hydrogen-bond acceptors (Lipinski definition) is 3. The lowest BCUT2D eigenvalue weighted by Crippen LogP contribution is -2.28. The minimum Gasteiger partial charge on any atom is -0.327 e. The van der Waals surface area contributed by atoms with Crippen LogP contribution in [0, 0.1) is 5.92 Å². The molecule has 3 rings (SSSR count). The number of rotatable bonds is 5. The van der Waals surface area contributed by atoms with E-state index in [9.17, 15) is 9.59 Å². The third-order valence-electron chi connectivity index (χ3n) is 4.65. The van der Waals surface area contributed by atoms with Gasteiger partial charge in [0.05, 0.1) is 11.4 Å². The summed E-state index contributed by atoms with van der Waals surface area (Å²) in [5, 5.41) is 5.76. The molecule has 1 aliphatic rings. The summed E-state index contributed by atoms with van der Waals surface area (Å²) in [4.78, 5) is 24.7. The van der Waals surface area contributed by atoms with Crippen LogP contribution < -0.4 is 16.4 Å². The molecule has 1 saturated carbocycles. The van der Waals surface area contributed by atoms with Gasteiger partial charge in [-0.3, -0.25) is 9.59 Å². The number of halogens is 1. The fraction of sp³-hybridized carbons (Fsp3) is 0.300. The van der Waals surface area contributed by atoms with Crippen molar-refractivity contribution in [2.24, 2.45) is 11.7 Å². The van der Waals surface area contributed by atoms with Gasteiger partial charge in [-0.1, -0.05) is 36.8 Å². The molecule has 1 aliphatic carbocycles. The summed E-state index contributed by atoms with van der Waals surface area (Å²) in [5.74, 6) is -0.0325. The summed E-state index contributed by atoms with van der Waals surface area (Å²) in [7, 11) is 0. The van der Waals surface area contributed by atoms with Gasteiger partial charge in [0.1, 0.15) is 0 Å². The van der Waals surface area contributed by atoms with E-state index in [0.717, 1.165) is 19.3 Å². The molecule has 0 aromatic heterocycles. The molecule has 138 valence electrons. The number of benzene rings is 2. The highest BCUT2D eigenvalue weighted by Gasteiger charge is 2.26. The van der Waals surface area contributed by atoms with Crippen LogP contribution in [0.4, 0.5) is 11.4 Å². The largest absolute Gasteiger partial charge is 0.327 e. The van der Waals surface area contributed by atoms with E-state index < -0.39 is 0 Å². The Labute approximate surface area is 159 Å². The Hall–Kier alpha value is -2.37. The van der Waals surface area contributed by atoms with E-state index in [1.54, 1.807) is 24.3 Å². The van der Waals surface area contributed by atoms with Gasteiger partial charge in [0.25, 0.3) is 5.91 Å². The molecule has 0 spiro atoms. The predicted molar refractivity (Wildman–Crippen MR) is 107 cm³/mol. The van der Waals surface area contributed by atoms with E-state index in [1.165, 1.54) is 0 Å². The monoisotopic (exact) mass is 373 g/mol. The van der Waals surface area contributed by atoms with Gasteiger partial charge in [0.15, 0.2) is 0 Å². The normalized spacial score (nSPS) is 18.7. The highest BCUT2D eigenvalue weighted by Crippen LogP contribution is 2.28. The Balaban J connectivity index is 0.00000243. The molecule has 2 aromatic carbocycles. The zero-order chi connectivity index (χ0) is 17.6. The first-order valence-corrected chi connectivity index (χ1v) is 8.64. The molecule has 2 amide bonds. The summed E-state index contributed by atoms with van der Waals surface area (Å²) < 4.78 is 0. The smallest absolute Gasteiger partial charge is 0.255 e. The Morgan fingerprint density at radius 2 is 1.54 bits per heavy atom. The molecule has 6 heteroatoms. The molecule has 4 N–H and O–H groups in total. The van der Waals surface area contributed by atoms with Crippen LogP contribution in [0.25, 0.3) is 0 Å². The maximum absolute atomic E-state index is 12.3. The highest BCUT2D eigenvalue weighted by atomic mass is 35.5. The fourth-order valence-corrected chi connectivity index (χ4v) is 3.24. The molecule has 2 aromatic rings. The Morgan fingerprint density at radius 1 is 0.923 bits per heavy atom. The van der Waals surface area contributed by atoms with Gasteiger partial charge in [0, 0.05) is 18.0 Å². The van der Waals surface area contributed by atoms with Gasteiger partial charge in [-0.05, 0) is 43.0 Å². The van der Waals surface area contributed by atoms with Crippen molar-refractivity contribution in [1.29, 1.82) is 0 Å². The zero-order valence-corrected chi connectivity index (χ0v) is 15.3. The van der Waals surface area contributed by atoms with Crippen molar-refractivity contribution in [1.82, 2.24) is 0 Å². The quantitative estimate of drug-likeness (QED) is 0.744. The second kappa shape index (κ2) is 9.36. The van der Waals surface area contributed by atoms with Crippen molar-refractivity contribution in [3.05, 3.63) is 60.2 Å². The molecule has 0 saturated heterocycles. The maximum atomic E-state index is 12.3. The van der Waals surface area contributed by atoms with Crippen molar-refractivity contribution in [2.75, 3.05) is 10.6 Å². The van der Waals surface area contributed by atoms with Crippen molar-refractivity contribution in [3.63, 3.8) is 0 Å². The van der Waals surface area contributed by atoms with Crippen LogP contribution >= 0.6 is 12.4 Å². The van der Waals surface area contributed by atoms with Gasteiger partial charge in [0.2, 0.25) is 5.91 Å². The van der Waals surface area contributed by atoms with Crippen molar-refractivity contribution >= 4 is 35.6 Å². The highest BCUT2D eigenvalue weighted by molar-refractivity contribution is 6.07. The maximum Gasteiger partial charge on any atom is 0.255 e. The third kappa shape index (κ3) is 5.07. The molecule has 1 fully saturated rings. The van der Waals surface area contributed by atoms with E-state index >= 15 is 0 Å². The standard InChI is InChI=1S/C20H23N3O2.ClH/c21-16-10-6-9-15(16)13-19(24)22-17-11-4-5-12-18(17)23-20(25)14-7-2-1-3-8-14;/h1-5,7-8,11-12,15-16H,6,9-10,13,21H2,(H,22,24)(H,23,25);1H/t15-,16+;/m0./s1. The Morgan fingerprint density at radius 3 is 2.15 bits per heavy atom. The lowest BCUT2D eigenvalue weighted by Gasteiger charge is -2.16. The molecule has 0 bridgehead atoms. The number of para-hydroxylation sites is 2. The van der Waals surface area contributed by atoms with Gasteiger partial charge in [-0.2, -0.15) is 0 Å². The molecular formula is C20H24ClN3O2. The van der Waals surface area contributed by atoms with E-state index in [4.69, 9.17) is 5.73 Å². The van der Waals surface area contributed by atoms with Crippen LogP contribution in [0.3, 0.4) is 0 Å². The first-order chi connectivity index (χ1) is 12.1. The lowest BCUT2D eigenvalue weighted by molar-refractivity contribution is -0.117. The van der Waals surface area contributed by atoms with Crippen molar-refractivity contribution in [3.8, 4) is 0 Å². The fourth-order valence-electron chi connectivity index (χ4n) is 3.24. The lowest BCUT2D eigenvalue weighted by atomic mass is 10.00. The van der Waals surface area contributed by atoms with Gasteiger partial charge in [-0.15, -0.1) is 12.4 Å². The van der Waals surface area contributed by atoms with E-state index in [0.29, 0.717) is 23.4 Å². The van der Waals surface area contributed by atoms with Gasteiger partial charge >= 0.3 is 0 Å². The number of amides is 2. The second-order valence-corrected chi connectivity index (χ2v) is 6.47. The predicted octanol–water partition coefficient (Wildman–Crippen LogP) is 3.82. The van der Waals surface area contributed by atoms with Crippen LogP contribution in [0.15, 0.2) is 54.6 Å². The first kappa shape index (κ1) is 19.9. The molecule has 0 radical (unpaired) electrons. The number of carbonyl (C=O) groups is 2. The number of nitrogens with one attached hydrogen (secondary N) is 2. The Kier molecular flexibility index (Phi) is 7.18. The minimum atomic E-state index is -0.208. The molecule has 5 nitrogen and oxygen atoms in total. The first-order valence-electron chi connectivity index (χ1n) is 8.64. The molecule has 26 heavy (non-hydrogen) atoms. The zero-order valence-electron chi connectivity index (χ0n) is 14.5. The summed E-state index contributed by atoms with van der Waals surface area (Å²) in [6, 6.07) is 16.3. The number of carbonyl (C=O) groups excluding carboxylic acids is 2. The van der Waals surface area contributed by atoms with E-state index in [-0.39, 0.29) is 36.2 Å². The molecule has 0 unspecified atom stereocenters. The SMILES string of the molecule is Cl.N[C@@H]1CCC[C@H]1CC(=O)Nc1ccccc1NC(=O)c1ccccc1.